The van der Waals surface area contributed by atoms with Crippen molar-refractivity contribution >= 4 is 5.82 Å². The van der Waals surface area contributed by atoms with Crippen molar-refractivity contribution < 1.29 is 4.74 Å². The molecule has 3 aromatic rings. The molecule has 0 saturated carbocycles. The van der Waals surface area contributed by atoms with Crippen LogP contribution in [0.1, 0.15) is 16.8 Å². The third-order valence-corrected chi connectivity index (χ3v) is 4.10. The largest absolute Gasteiger partial charge is 0.497 e. The molecule has 1 aromatic carbocycles. The summed E-state index contributed by atoms with van der Waals surface area (Å²) in [6, 6.07) is 19.8. The fourth-order valence-corrected chi connectivity index (χ4v) is 2.66. The molecule has 5 nitrogen and oxygen atoms in total. The summed E-state index contributed by atoms with van der Waals surface area (Å²) in [7, 11) is 1.66. The molecule has 0 bridgehead atoms. The van der Waals surface area contributed by atoms with Gasteiger partial charge in [-0.25, -0.2) is 4.98 Å². The van der Waals surface area contributed by atoms with Crippen molar-refractivity contribution in [3.63, 3.8) is 0 Å². The summed E-state index contributed by atoms with van der Waals surface area (Å²) in [6.45, 7) is 1.50. The Morgan fingerprint density at radius 3 is 2.50 bits per heavy atom. The van der Waals surface area contributed by atoms with Gasteiger partial charge in [0.15, 0.2) is 0 Å². The molecule has 2 heterocycles. The number of nitriles is 1. The maximum absolute atomic E-state index is 8.98. The van der Waals surface area contributed by atoms with Crippen LogP contribution in [0.4, 0.5) is 5.82 Å². The number of hydrogen-bond donors (Lipinski definition) is 0. The Balaban J connectivity index is 1.78. The van der Waals surface area contributed by atoms with Gasteiger partial charge in [0.1, 0.15) is 17.6 Å². The van der Waals surface area contributed by atoms with Crippen molar-refractivity contribution in [2.75, 3.05) is 18.6 Å². The smallest absolute Gasteiger partial charge is 0.128 e. The van der Waals surface area contributed by atoms with Gasteiger partial charge in [-0.3, -0.25) is 4.98 Å². The van der Waals surface area contributed by atoms with Gasteiger partial charge in [0.2, 0.25) is 0 Å². The molecule has 0 N–H and O–H groups in total. The molecule has 26 heavy (non-hydrogen) atoms. The molecule has 0 saturated heterocycles. The van der Waals surface area contributed by atoms with E-state index < -0.39 is 0 Å². The minimum absolute atomic E-state index is 0.558. The van der Waals surface area contributed by atoms with Crippen LogP contribution in [-0.2, 0) is 13.0 Å². The molecule has 0 atom stereocenters. The molecule has 0 unspecified atom stereocenters. The zero-order valence-electron chi connectivity index (χ0n) is 14.7. The first kappa shape index (κ1) is 17.4. The van der Waals surface area contributed by atoms with E-state index in [0.29, 0.717) is 5.56 Å². The summed E-state index contributed by atoms with van der Waals surface area (Å²) in [5, 5.41) is 8.98. The summed E-state index contributed by atoms with van der Waals surface area (Å²) in [6.07, 6.45) is 4.24. The average Bonchev–Trinajstić information content (AvgIpc) is 2.72. The molecule has 5 heteroatoms. The van der Waals surface area contributed by atoms with Gasteiger partial charge in [-0.2, -0.15) is 5.26 Å². The standard InChI is InChI=1S/C21H20N4O/c1-26-20-8-5-17(6-9-20)16-25(13-11-19-4-2-3-12-23-19)21-10-7-18(14-22)15-24-21/h2-10,12,15H,11,13,16H2,1H3. The second kappa shape index (κ2) is 8.63. The zero-order chi connectivity index (χ0) is 18.2. The number of benzene rings is 1. The third kappa shape index (κ3) is 4.58. The molecule has 0 spiro atoms. The predicted octanol–water partition coefficient (Wildman–Crippen LogP) is 3.61. The van der Waals surface area contributed by atoms with E-state index in [9.17, 15) is 0 Å². The Labute approximate surface area is 153 Å². The van der Waals surface area contributed by atoms with Gasteiger partial charge in [0.05, 0.1) is 12.7 Å². The molecule has 0 aliphatic rings. The van der Waals surface area contributed by atoms with Crippen molar-refractivity contribution in [3.8, 4) is 11.8 Å². The lowest BCUT2D eigenvalue weighted by molar-refractivity contribution is 0.414. The topological polar surface area (TPSA) is 62.0 Å². The number of anilines is 1. The van der Waals surface area contributed by atoms with E-state index in [1.54, 1.807) is 19.4 Å². The SMILES string of the molecule is COc1ccc(CN(CCc2ccccn2)c2ccc(C#N)cn2)cc1. The molecule has 0 fully saturated rings. The summed E-state index contributed by atoms with van der Waals surface area (Å²) in [5.74, 6) is 1.68. The lowest BCUT2D eigenvalue weighted by atomic mass is 10.2. The molecule has 0 radical (unpaired) electrons. The first-order chi connectivity index (χ1) is 12.8. The van der Waals surface area contributed by atoms with E-state index in [1.807, 2.05) is 42.6 Å². The summed E-state index contributed by atoms with van der Waals surface area (Å²) >= 11 is 0. The lowest BCUT2D eigenvalue weighted by Gasteiger charge is -2.24. The molecule has 0 aliphatic heterocycles. The van der Waals surface area contributed by atoms with E-state index >= 15 is 0 Å². The number of rotatable bonds is 7. The lowest BCUT2D eigenvalue weighted by Crippen LogP contribution is -2.26. The summed E-state index contributed by atoms with van der Waals surface area (Å²) < 4.78 is 5.22. The van der Waals surface area contributed by atoms with Gasteiger partial charge < -0.3 is 9.64 Å². The van der Waals surface area contributed by atoms with E-state index in [1.165, 1.54) is 0 Å². The van der Waals surface area contributed by atoms with Crippen LogP contribution in [0.25, 0.3) is 0 Å². The van der Waals surface area contributed by atoms with Crippen LogP contribution in [0.2, 0.25) is 0 Å². The Hall–Kier alpha value is -3.39. The maximum atomic E-state index is 8.98. The molecule has 3 rings (SSSR count). The van der Waals surface area contributed by atoms with Gasteiger partial charge in [-0.1, -0.05) is 18.2 Å². The Morgan fingerprint density at radius 2 is 1.88 bits per heavy atom. The van der Waals surface area contributed by atoms with Crippen LogP contribution in [-0.4, -0.2) is 23.6 Å². The summed E-state index contributed by atoms with van der Waals surface area (Å²) in [5.41, 5.74) is 2.77. The minimum atomic E-state index is 0.558. The van der Waals surface area contributed by atoms with Crippen LogP contribution in [0.15, 0.2) is 67.0 Å². The molecule has 130 valence electrons. The normalized spacial score (nSPS) is 10.2. The highest BCUT2D eigenvalue weighted by Crippen LogP contribution is 2.18. The Kier molecular flexibility index (Phi) is 5.79. The van der Waals surface area contributed by atoms with Crippen LogP contribution >= 0.6 is 0 Å². The molecular formula is C21H20N4O. The monoisotopic (exact) mass is 344 g/mol. The van der Waals surface area contributed by atoms with Gasteiger partial charge in [0, 0.05) is 37.6 Å². The van der Waals surface area contributed by atoms with Gasteiger partial charge in [-0.15, -0.1) is 0 Å². The highest BCUT2D eigenvalue weighted by molar-refractivity contribution is 5.43. The number of methoxy groups -OCH3 is 1. The van der Waals surface area contributed by atoms with E-state index in [2.05, 4.69) is 33.1 Å². The van der Waals surface area contributed by atoms with Crippen molar-refractivity contribution in [3.05, 3.63) is 83.8 Å². The third-order valence-electron chi connectivity index (χ3n) is 4.10. The molecule has 2 aromatic heterocycles. The van der Waals surface area contributed by atoms with Crippen LogP contribution in [0.3, 0.4) is 0 Å². The highest BCUT2D eigenvalue weighted by Gasteiger charge is 2.10. The second-order valence-electron chi connectivity index (χ2n) is 5.86. The average molecular weight is 344 g/mol. The van der Waals surface area contributed by atoms with Crippen LogP contribution in [0, 0.1) is 11.3 Å². The Bertz CT molecular complexity index is 855. The highest BCUT2D eigenvalue weighted by atomic mass is 16.5. The fourth-order valence-electron chi connectivity index (χ4n) is 2.66. The van der Waals surface area contributed by atoms with E-state index in [-0.39, 0.29) is 0 Å². The summed E-state index contributed by atoms with van der Waals surface area (Å²) in [4.78, 5) is 11.0. The Morgan fingerprint density at radius 1 is 1.04 bits per heavy atom. The second-order valence-corrected chi connectivity index (χ2v) is 5.86. The number of ether oxygens (including phenoxy) is 1. The van der Waals surface area contributed by atoms with Crippen LogP contribution < -0.4 is 9.64 Å². The number of pyridine rings is 2. The van der Waals surface area contributed by atoms with E-state index in [0.717, 1.165) is 42.3 Å². The fraction of sp³-hybridized carbons (Fsp3) is 0.190. The number of nitrogens with zero attached hydrogens (tertiary/aromatic N) is 4. The van der Waals surface area contributed by atoms with Gasteiger partial charge in [0.25, 0.3) is 0 Å². The molecule has 0 aliphatic carbocycles. The maximum Gasteiger partial charge on any atom is 0.128 e. The number of aromatic nitrogens is 2. The van der Waals surface area contributed by atoms with Crippen molar-refractivity contribution in [1.82, 2.24) is 9.97 Å². The van der Waals surface area contributed by atoms with Crippen molar-refractivity contribution in [1.29, 1.82) is 5.26 Å². The molecular weight excluding hydrogens is 324 g/mol. The van der Waals surface area contributed by atoms with E-state index in [4.69, 9.17) is 10.00 Å². The quantitative estimate of drug-likeness (QED) is 0.655. The van der Waals surface area contributed by atoms with Crippen molar-refractivity contribution in [2.24, 2.45) is 0 Å². The zero-order valence-corrected chi connectivity index (χ0v) is 14.7. The molecule has 0 amide bonds. The number of hydrogen-bond acceptors (Lipinski definition) is 5. The first-order valence-corrected chi connectivity index (χ1v) is 8.42. The van der Waals surface area contributed by atoms with Gasteiger partial charge >= 0.3 is 0 Å². The van der Waals surface area contributed by atoms with Crippen LogP contribution in [0.5, 0.6) is 5.75 Å². The van der Waals surface area contributed by atoms with Gasteiger partial charge in [-0.05, 0) is 42.0 Å². The predicted molar refractivity (Wildman–Crippen MR) is 101 cm³/mol. The minimum Gasteiger partial charge on any atom is -0.497 e. The first-order valence-electron chi connectivity index (χ1n) is 8.42. The van der Waals surface area contributed by atoms with Crippen molar-refractivity contribution in [2.45, 2.75) is 13.0 Å².